The van der Waals surface area contributed by atoms with Crippen molar-refractivity contribution in [3.05, 3.63) is 0 Å². The van der Waals surface area contributed by atoms with Crippen LogP contribution >= 0.6 is 0 Å². The molecule has 2 N–H and O–H groups in total. The first-order valence-electron chi connectivity index (χ1n) is 6.12. The van der Waals surface area contributed by atoms with Crippen molar-refractivity contribution in [1.82, 2.24) is 4.90 Å². The number of hydrogen-bond acceptors (Lipinski definition) is 3. The Kier molecular flexibility index (Phi) is 5.22. The maximum atomic E-state index is 11.1. The highest BCUT2D eigenvalue weighted by molar-refractivity contribution is 5.77. The minimum atomic E-state index is -0.167. The van der Waals surface area contributed by atoms with Gasteiger partial charge in [0.05, 0.1) is 12.0 Å². The molecule has 1 aliphatic rings. The van der Waals surface area contributed by atoms with Gasteiger partial charge in [0.15, 0.2) is 0 Å². The van der Waals surface area contributed by atoms with Gasteiger partial charge in [-0.05, 0) is 18.9 Å². The smallest absolute Gasteiger partial charge is 0.221 e. The lowest BCUT2D eigenvalue weighted by Crippen LogP contribution is -2.36. The van der Waals surface area contributed by atoms with Crippen molar-refractivity contribution in [3.63, 3.8) is 0 Å². The predicted molar refractivity (Wildman–Crippen MR) is 64.0 cm³/mol. The number of nitrogens with two attached hydrogens (primary N) is 1. The van der Waals surface area contributed by atoms with Gasteiger partial charge in [-0.3, -0.25) is 9.69 Å². The Morgan fingerprint density at radius 3 is 2.75 bits per heavy atom. The molecule has 1 fully saturated rings. The fourth-order valence-corrected chi connectivity index (χ4v) is 2.23. The molecule has 0 aromatic rings. The van der Waals surface area contributed by atoms with E-state index in [1.807, 2.05) is 0 Å². The molecular weight excluding hydrogens is 204 g/mol. The largest absolute Gasteiger partial charge is 0.380 e. The van der Waals surface area contributed by atoms with E-state index in [9.17, 15) is 4.79 Å². The Bertz CT molecular complexity index is 233. The van der Waals surface area contributed by atoms with Gasteiger partial charge in [0.25, 0.3) is 0 Å². The first-order chi connectivity index (χ1) is 7.58. The normalized spacial score (nSPS) is 25.6. The first kappa shape index (κ1) is 13.5. The molecule has 0 unspecified atom stereocenters. The van der Waals surface area contributed by atoms with Crippen LogP contribution in [0.25, 0.3) is 0 Å². The van der Waals surface area contributed by atoms with Crippen LogP contribution in [0.15, 0.2) is 0 Å². The number of nitrogens with zero attached hydrogens (tertiary/aromatic N) is 1. The molecular formula is C12H24N2O2. The molecule has 0 saturated carbocycles. The van der Waals surface area contributed by atoms with Crippen LogP contribution < -0.4 is 5.73 Å². The topological polar surface area (TPSA) is 55.6 Å². The number of carbonyl (C=O) groups is 1. The second kappa shape index (κ2) is 6.21. The fourth-order valence-electron chi connectivity index (χ4n) is 2.23. The molecule has 16 heavy (non-hydrogen) atoms. The molecule has 0 aromatic heterocycles. The average molecular weight is 228 g/mol. The molecule has 1 saturated heterocycles. The highest BCUT2D eigenvalue weighted by Crippen LogP contribution is 2.19. The standard InChI is InChI=1S/C12H24N2O2/c1-4-9(2)11(16-3)8-14-6-5-10(7-14)12(13)15/h9-11H,4-8H2,1-3H3,(H2,13,15)/t9-,10-,11-/m0/s1. The highest BCUT2D eigenvalue weighted by Gasteiger charge is 2.29. The van der Waals surface area contributed by atoms with Crippen LogP contribution in [0.2, 0.25) is 0 Å². The molecule has 0 spiro atoms. The summed E-state index contributed by atoms with van der Waals surface area (Å²) in [5.41, 5.74) is 5.31. The Morgan fingerprint density at radius 1 is 1.62 bits per heavy atom. The van der Waals surface area contributed by atoms with Crippen LogP contribution in [0.3, 0.4) is 0 Å². The number of amides is 1. The van der Waals surface area contributed by atoms with Crippen LogP contribution in [0.1, 0.15) is 26.7 Å². The van der Waals surface area contributed by atoms with Gasteiger partial charge in [-0.25, -0.2) is 0 Å². The van der Waals surface area contributed by atoms with E-state index in [0.29, 0.717) is 5.92 Å². The van der Waals surface area contributed by atoms with Crippen molar-refractivity contribution in [3.8, 4) is 0 Å². The summed E-state index contributed by atoms with van der Waals surface area (Å²) >= 11 is 0. The average Bonchev–Trinajstić information content (AvgIpc) is 2.73. The van der Waals surface area contributed by atoms with E-state index in [4.69, 9.17) is 10.5 Å². The van der Waals surface area contributed by atoms with Gasteiger partial charge in [0.2, 0.25) is 5.91 Å². The maximum Gasteiger partial charge on any atom is 0.221 e. The minimum absolute atomic E-state index is 0.0365. The van der Waals surface area contributed by atoms with Gasteiger partial charge < -0.3 is 10.5 Å². The molecule has 3 atom stereocenters. The minimum Gasteiger partial charge on any atom is -0.380 e. The number of likely N-dealkylation sites (tertiary alicyclic amines) is 1. The lowest BCUT2D eigenvalue weighted by atomic mass is 10.0. The van der Waals surface area contributed by atoms with Crippen molar-refractivity contribution in [2.75, 3.05) is 26.7 Å². The molecule has 4 heteroatoms. The quantitative estimate of drug-likeness (QED) is 0.733. The summed E-state index contributed by atoms with van der Waals surface area (Å²) in [6.07, 6.45) is 2.27. The molecule has 1 rings (SSSR count). The van der Waals surface area contributed by atoms with Crippen LogP contribution in [0, 0.1) is 11.8 Å². The maximum absolute atomic E-state index is 11.1. The SMILES string of the molecule is CC[C@H](C)[C@H](CN1CC[C@H](C(N)=O)C1)OC. The van der Waals surface area contributed by atoms with E-state index < -0.39 is 0 Å². The van der Waals surface area contributed by atoms with Crippen LogP contribution in [-0.2, 0) is 9.53 Å². The van der Waals surface area contributed by atoms with E-state index >= 15 is 0 Å². The number of rotatable bonds is 6. The monoisotopic (exact) mass is 228 g/mol. The molecule has 4 nitrogen and oxygen atoms in total. The zero-order valence-corrected chi connectivity index (χ0v) is 10.6. The van der Waals surface area contributed by atoms with Crippen molar-refractivity contribution in [1.29, 1.82) is 0 Å². The van der Waals surface area contributed by atoms with Gasteiger partial charge in [-0.15, -0.1) is 0 Å². The first-order valence-corrected chi connectivity index (χ1v) is 6.12. The lowest BCUT2D eigenvalue weighted by Gasteiger charge is -2.26. The third-order valence-corrected chi connectivity index (χ3v) is 3.69. The van der Waals surface area contributed by atoms with E-state index in [2.05, 4.69) is 18.7 Å². The number of hydrogen-bond donors (Lipinski definition) is 1. The molecule has 0 bridgehead atoms. The Labute approximate surface area is 98.1 Å². The Morgan fingerprint density at radius 2 is 2.31 bits per heavy atom. The summed E-state index contributed by atoms with van der Waals surface area (Å²) in [7, 11) is 1.76. The fraction of sp³-hybridized carbons (Fsp3) is 0.917. The van der Waals surface area contributed by atoms with E-state index in [-0.39, 0.29) is 17.9 Å². The third kappa shape index (κ3) is 3.46. The molecule has 1 heterocycles. The zero-order chi connectivity index (χ0) is 12.1. The van der Waals surface area contributed by atoms with Gasteiger partial charge in [0.1, 0.15) is 0 Å². The lowest BCUT2D eigenvalue weighted by molar-refractivity contribution is -0.121. The summed E-state index contributed by atoms with van der Waals surface area (Å²) in [4.78, 5) is 13.3. The summed E-state index contributed by atoms with van der Waals surface area (Å²) in [6, 6.07) is 0. The Balaban J connectivity index is 2.40. The van der Waals surface area contributed by atoms with Crippen molar-refractivity contribution in [2.45, 2.75) is 32.8 Å². The molecule has 0 aromatic carbocycles. The number of primary amides is 1. The number of ether oxygens (including phenoxy) is 1. The van der Waals surface area contributed by atoms with Crippen molar-refractivity contribution >= 4 is 5.91 Å². The third-order valence-electron chi connectivity index (χ3n) is 3.69. The van der Waals surface area contributed by atoms with Crippen molar-refractivity contribution < 1.29 is 9.53 Å². The molecule has 0 aliphatic carbocycles. The van der Waals surface area contributed by atoms with Crippen LogP contribution in [0.4, 0.5) is 0 Å². The van der Waals surface area contributed by atoms with Crippen LogP contribution in [0.5, 0.6) is 0 Å². The molecule has 94 valence electrons. The molecule has 0 radical (unpaired) electrons. The highest BCUT2D eigenvalue weighted by atomic mass is 16.5. The Hall–Kier alpha value is -0.610. The summed E-state index contributed by atoms with van der Waals surface area (Å²) in [6.45, 7) is 7.05. The van der Waals surface area contributed by atoms with E-state index in [1.54, 1.807) is 7.11 Å². The predicted octanol–water partition coefficient (Wildman–Crippen LogP) is 0.855. The second-order valence-corrected chi connectivity index (χ2v) is 4.81. The van der Waals surface area contributed by atoms with Gasteiger partial charge >= 0.3 is 0 Å². The zero-order valence-electron chi connectivity index (χ0n) is 10.6. The summed E-state index contributed by atoms with van der Waals surface area (Å²) in [5, 5.41) is 0. The van der Waals surface area contributed by atoms with Gasteiger partial charge in [-0.2, -0.15) is 0 Å². The molecule has 1 aliphatic heterocycles. The van der Waals surface area contributed by atoms with Gasteiger partial charge in [-0.1, -0.05) is 20.3 Å². The van der Waals surface area contributed by atoms with E-state index in [0.717, 1.165) is 32.5 Å². The summed E-state index contributed by atoms with van der Waals surface area (Å²) in [5.74, 6) is 0.423. The summed E-state index contributed by atoms with van der Waals surface area (Å²) < 4.78 is 5.50. The second-order valence-electron chi connectivity index (χ2n) is 4.81. The van der Waals surface area contributed by atoms with Crippen LogP contribution in [-0.4, -0.2) is 43.7 Å². The van der Waals surface area contributed by atoms with Crippen molar-refractivity contribution in [2.24, 2.45) is 17.6 Å². The molecule has 1 amide bonds. The van der Waals surface area contributed by atoms with Gasteiger partial charge in [0, 0.05) is 20.2 Å². The van der Waals surface area contributed by atoms with E-state index in [1.165, 1.54) is 0 Å². The number of carbonyl (C=O) groups excluding carboxylic acids is 1. The number of methoxy groups -OCH3 is 1.